The lowest BCUT2D eigenvalue weighted by molar-refractivity contribution is 0.0953. The molecule has 0 saturated carbocycles. The summed E-state index contributed by atoms with van der Waals surface area (Å²) in [7, 11) is 0. The zero-order valence-electron chi connectivity index (χ0n) is 10.3. The van der Waals surface area contributed by atoms with Crippen molar-refractivity contribution in [3.05, 3.63) is 51.5 Å². The van der Waals surface area contributed by atoms with Crippen LogP contribution in [0.2, 0.25) is 0 Å². The highest BCUT2D eigenvalue weighted by Crippen LogP contribution is 2.16. The number of benzene rings is 1. The number of H-pyrrole nitrogens is 1. The highest BCUT2D eigenvalue weighted by atomic mass is 79.9. The molecule has 1 aromatic carbocycles. The average Bonchev–Trinajstić information content (AvgIpc) is 2.80. The Bertz CT molecular complexity index is 597. The molecule has 0 bridgehead atoms. The minimum atomic E-state index is -0.290. The van der Waals surface area contributed by atoms with Gasteiger partial charge in [-0.1, -0.05) is 6.07 Å². The molecule has 100 valence electrons. The second-order valence-corrected chi connectivity index (χ2v) is 5.02. The van der Waals surface area contributed by atoms with Crippen molar-refractivity contribution in [2.75, 3.05) is 6.54 Å². The molecule has 0 aliphatic carbocycles. The lowest BCUT2D eigenvalue weighted by atomic mass is 10.1. The lowest BCUT2D eigenvalue weighted by Crippen LogP contribution is -2.25. The summed E-state index contributed by atoms with van der Waals surface area (Å²) in [5.74, 6) is -0.450. The maximum absolute atomic E-state index is 13.1. The Morgan fingerprint density at radius 2 is 2.32 bits per heavy atom. The van der Waals surface area contributed by atoms with E-state index in [2.05, 4.69) is 31.4 Å². The van der Waals surface area contributed by atoms with E-state index in [0.717, 1.165) is 11.3 Å². The Balaban J connectivity index is 1.88. The monoisotopic (exact) mass is 325 g/mol. The first kappa shape index (κ1) is 13.7. The summed E-state index contributed by atoms with van der Waals surface area (Å²) >= 11 is 3.13. The summed E-state index contributed by atoms with van der Waals surface area (Å²) in [4.78, 5) is 11.8. The molecule has 0 fully saturated rings. The second kappa shape index (κ2) is 5.97. The van der Waals surface area contributed by atoms with Crippen molar-refractivity contribution in [1.82, 2.24) is 15.5 Å². The average molecular weight is 326 g/mol. The minimum Gasteiger partial charge on any atom is -0.352 e. The van der Waals surface area contributed by atoms with Crippen LogP contribution < -0.4 is 5.32 Å². The Kier molecular flexibility index (Phi) is 4.31. The quantitative estimate of drug-likeness (QED) is 0.907. The summed E-state index contributed by atoms with van der Waals surface area (Å²) in [6, 6.07) is 4.82. The van der Waals surface area contributed by atoms with Crippen LogP contribution in [-0.4, -0.2) is 22.6 Å². The van der Waals surface area contributed by atoms with Crippen LogP contribution >= 0.6 is 15.9 Å². The van der Waals surface area contributed by atoms with Gasteiger partial charge in [0, 0.05) is 12.2 Å². The van der Waals surface area contributed by atoms with Crippen LogP contribution in [0.4, 0.5) is 4.39 Å². The molecule has 1 heterocycles. The molecule has 0 unspecified atom stereocenters. The lowest BCUT2D eigenvalue weighted by Gasteiger charge is -2.05. The molecule has 0 radical (unpaired) electrons. The van der Waals surface area contributed by atoms with Gasteiger partial charge in [0.05, 0.1) is 16.2 Å². The fraction of sp³-hybridized carbons (Fsp3) is 0.231. The molecule has 19 heavy (non-hydrogen) atoms. The predicted octanol–water partition coefficient (Wildman–Crippen LogP) is 2.59. The first-order chi connectivity index (χ1) is 9.08. The Hall–Kier alpha value is -1.69. The molecule has 2 aromatic rings. The molecule has 0 spiro atoms. The van der Waals surface area contributed by atoms with Gasteiger partial charge in [0.1, 0.15) is 5.82 Å². The fourth-order valence-electron chi connectivity index (χ4n) is 1.69. The van der Waals surface area contributed by atoms with Crippen LogP contribution in [0, 0.1) is 12.7 Å². The molecule has 0 aliphatic rings. The number of aromatic amines is 1. The second-order valence-electron chi connectivity index (χ2n) is 4.16. The number of nitrogens with zero attached hydrogens (tertiary/aromatic N) is 1. The van der Waals surface area contributed by atoms with Gasteiger partial charge < -0.3 is 5.32 Å². The van der Waals surface area contributed by atoms with Crippen molar-refractivity contribution in [3.63, 3.8) is 0 Å². The number of aryl methyl sites for hydroxylation is 1. The van der Waals surface area contributed by atoms with Crippen LogP contribution in [-0.2, 0) is 6.42 Å². The number of hydrogen-bond acceptors (Lipinski definition) is 2. The van der Waals surface area contributed by atoms with Crippen LogP contribution in [0.3, 0.4) is 0 Å². The van der Waals surface area contributed by atoms with Crippen molar-refractivity contribution in [2.45, 2.75) is 13.3 Å². The van der Waals surface area contributed by atoms with Gasteiger partial charge in [0.15, 0.2) is 0 Å². The highest BCUT2D eigenvalue weighted by Gasteiger charge is 2.09. The molecule has 0 aliphatic heterocycles. The maximum atomic E-state index is 13.1. The minimum absolute atomic E-state index is 0.160. The van der Waals surface area contributed by atoms with Gasteiger partial charge in [-0.15, -0.1) is 0 Å². The van der Waals surface area contributed by atoms with E-state index in [9.17, 15) is 9.18 Å². The van der Waals surface area contributed by atoms with Crippen molar-refractivity contribution in [2.24, 2.45) is 0 Å². The van der Waals surface area contributed by atoms with Gasteiger partial charge in [0.2, 0.25) is 0 Å². The Morgan fingerprint density at radius 1 is 1.53 bits per heavy atom. The topological polar surface area (TPSA) is 57.8 Å². The largest absolute Gasteiger partial charge is 0.352 e. The molecular formula is C13H13BrFN3O. The van der Waals surface area contributed by atoms with E-state index < -0.39 is 0 Å². The number of rotatable bonds is 4. The molecule has 0 saturated heterocycles. The van der Waals surface area contributed by atoms with Gasteiger partial charge in [0.25, 0.3) is 5.91 Å². The molecule has 0 atom stereocenters. The van der Waals surface area contributed by atoms with Gasteiger partial charge in [-0.25, -0.2) is 4.39 Å². The van der Waals surface area contributed by atoms with E-state index in [1.807, 2.05) is 0 Å². The molecule has 4 nitrogen and oxygen atoms in total. The summed E-state index contributed by atoms with van der Waals surface area (Å²) in [6.07, 6.45) is 2.14. The molecule has 2 rings (SSSR count). The van der Waals surface area contributed by atoms with Crippen molar-refractivity contribution in [3.8, 4) is 0 Å². The zero-order valence-corrected chi connectivity index (χ0v) is 11.9. The molecule has 6 heteroatoms. The zero-order chi connectivity index (χ0) is 13.8. The molecule has 1 aromatic heterocycles. The van der Waals surface area contributed by atoms with Crippen molar-refractivity contribution < 1.29 is 9.18 Å². The van der Waals surface area contributed by atoms with Crippen LogP contribution in [0.25, 0.3) is 0 Å². The summed E-state index contributed by atoms with van der Waals surface area (Å²) in [6.45, 7) is 2.28. The van der Waals surface area contributed by atoms with E-state index in [-0.39, 0.29) is 11.7 Å². The summed E-state index contributed by atoms with van der Waals surface area (Å²) in [5, 5.41) is 9.31. The molecular weight excluding hydrogens is 313 g/mol. The smallest absolute Gasteiger partial charge is 0.254 e. The Morgan fingerprint density at radius 3 is 2.95 bits per heavy atom. The molecule has 1 amide bonds. The first-order valence-corrected chi connectivity index (χ1v) is 6.59. The standard InChI is InChI=1S/C13H13BrFN3O/c1-8-10(7-17-18-8)13(19)16-5-4-9-2-3-12(15)11(14)6-9/h2-3,6-7H,4-5H2,1H3,(H,16,19)(H,17,18). The normalized spacial score (nSPS) is 10.5. The van der Waals surface area contributed by atoms with Crippen molar-refractivity contribution in [1.29, 1.82) is 0 Å². The number of aromatic nitrogens is 2. The van der Waals surface area contributed by atoms with Crippen LogP contribution in [0.1, 0.15) is 21.6 Å². The number of carbonyl (C=O) groups excluding carboxylic acids is 1. The fourth-order valence-corrected chi connectivity index (χ4v) is 2.12. The molecule has 2 N–H and O–H groups in total. The maximum Gasteiger partial charge on any atom is 0.254 e. The predicted molar refractivity (Wildman–Crippen MR) is 73.5 cm³/mol. The van der Waals surface area contributed by atoms with Crippen molar-refractivity contribution >= 4 is 21.8 Å². The van der Waals surface area contributed by atoms with Gasteiger partial charge >= 0.3 is 0 Å². The number of hydrogen-bond donors (Lipinski definition) is 2. The Labute approximate surface area is 118 Å². The number of carbonyl (C=O) groups is 1. The SMILES string of the molecule is Cc1[nH]ncc1C(=O)NCCc1ccc(F)c(Br)c1. The van der Waals surface area contributed by atoms with E-state index in [1.54, 1.807) is 19.1 Å². The van der Waals surface area contributed by atoms with Crippen LogP contribution in [0.5, 0.6) is 0 Å². The van der Waals surface area contributed by atoms with Gasteiger partial charge in [-0.2, -0.15) is 5.10 Å². The van der Waals surface area contributed by atoms with E-state index >= 15 is 0 Å². The van der Waals surface area contributed by atoms with Gasteiger partial charge in [-0.3, -0.25) is 9.89 Å². The third kappa shape index (κ3) is 3.41. The van der Waals surface area contributed by atoms with E-state index in [0.29, 0.717) is 23.0 Å². The van der Waals surface area contributed by atoms with E-state index in [4.69, 9.17) is 0 Å². The summed E-state index contributed by atoms with van der Waals surface area (Å²) < 4.78 is 13.5. The highest BCUT2D eigenvalue weighted by molar-refractivity contribution is 9.10. The van der Waals surface area contributed by atoms with Gasteiger partial charge in [-0.05, 0) is 47.0 Å². The number of amides is 1. The van der Waals surface area contributed by atoms with Crippen LogP contribution in [0.15, 0.2) is 28.9 Å². The first-order valence-electron chi connectivity index (χ1n) is 5.80. The third-order valence-electron chi connectivity index (χ3n) is 2.76. The third-order valence-corrected chi connectivity index (χ3v) is 3.37. The summed E-state index contributed by atoms with van der Waals surface area (Å²) in [5.41, 5.74) is 2.24. The number of nitrogens with one attached hydrogen (secondary N) is 2. The van der Waals surface area contributed by atoms with E-state index in [1.165, 1.54) is 12.3 Å². The number of halogens is 2.